The predicted molar refractivity (Wildman–Crippen MR) is 90.5 cm³/mol. The maximum absolute atomic E-state index is 15.1. The highest BCUT2D eigenvalue weighted by atomic mass is 19.4. The number of nitrogens with two attached hydrogens (primary N) is 1. The standard InChI is InChI=1S/C19H15F8NO2/c1-7-3-9(18(22,23)24)4-8(2)14(7)10-5-11(19(25,26)27)17(21)15(16(10)20)12(28)6-13(29)30/h3-5,12H,6,28H2,1-2H3,(H,29,30). The summed E-state index contributed by atoms with van der Waals surface area (Å²) in [7, 11) is 0. The third kappa shape index (κ3) is 4.55. The van der Waals surface area contributed by atoms with Crippen LogP contribution in [0.1, 0.15) is 40.3 Å². The van der Waals surface area contributed by atoms with Gasteiger partial charge in [0.05, 0.1) is 17.5 Å². The second kappa shape index (κ2) is 7.86. The quantitative estimate of drug-likeness (QED) is 0.593. The Morgan fingerprint density at radius 2 is 1.47 bits per heavy atom. The molecule has 0 saturated carbocycles. The van der Waals surface area contributed by atoms with Crippen LogP contribution in [-0.2, 0) is 17.1 Å². The summed E-state index contributed by atoms with van der Waals surface area (Å²) < 4.78 is 108. The smallest absolute Gasteiger partial charge is 0.419 e. The molecular weight excluding hydrogens is 426 g/mol. The molecule has 0 aromatic heterocycles. The van der Waals surface area contributed by atoms with Gasteiger partial charge in [-0.1, -0.05) is 0 Å². The van der Waals surface area contributed by atoms with E-state index in [0.717, 1.165) is 13.8 Å². The van der Waals surface area contributed by atoms with E-state index in [1.807, 2.05) is 0 Å². The summed E-state index contributed by atoms with van der Waals surface area (Å²) in [6.07, 6.45) is -11.1. The van der Waals surface area contributed by atoms with E-state index in [4.69, 9.17) is 10.8 Å². The number of halogens is 8. The lowest BCUT2D eigenvalue weighted by atomic mass is 9.88. The molecule has 0 aliphatic rings. The summed E-state index contributed by atoms with van der Waals surface area (Å²) in [5.74, 6) is -5.25. The van der Waals surface area contributed by atoms with Gasteiger partial charge >= 0.3 is 18.3 Å². The molecule has 0 spiro atoms. The van der Waals surface area contributed by atoms with Crippen molar-refractivity contribution in [1.82, 2.24) is 0 Å². The van der Waals surface area contributed by atoms with E-state index in [1.165, 1.54) is 0 Å². The van der Waals surface area contributed by atoms with Crippen LogP contribution in [0.4, 0.5) is 35.1 Å². The van der Waals surface area contributed by atoms with Crippen LogP contribution in [0.2, 0.25) is 0 Å². The lowest BCUT2D eigenvalue weighted by molar-refractivity contribution is -0.140. The zero-order chi connectivity index (χ0) is 23.2. The zero-order valence-corrected chi connectivity index (χ0v) is 15.5. The van der Waals surface area contributed by atoms with E-state index in [9.17, 15) is 35.5 Å². The Morgan fingerprint density at radius 1 is 0.967 bits per heavy atom. The Balaban J connectivity index is 2.89. The lowest BCUT2D eigenvalue weighted by Gasteiger charge is -2.21. The maximum atomic E-state index is 15.1. The van der Waals surface area contributed by atoms with E-state index in [1.54, 1.807) is 0 Å². The highest BCUT2D eigenvalue weighted by Crippen LogP contribution is 2.42. The van der Waals surface area contributed by atoms with Gasteiger partial charge in [0.15, 0.2) is 0 Å². The highest BCUT2D eigenvalue weighted by Gasteiger charge is 2.39. The lowest BCUT2D eigenvalue weighted by Crippen LogP contribution is -2.21. The van der Waals surface area contributed by atoms with Crippen molar-refractivity contribution in [2.24, 2.45) is 5.73 Å². The van der Waals surface area contributed by atoms with Crippen molar-refractivity contribution < 1.29 is 45.0 Å². The third-order valence-electron chi connectivity index (χ3n) is 4.43. The number of carboxylic acid groups (broad SMARTS) is 1. The summed E-state index contributed by atoms with van der Waals surface area (Å²) in [5, 5.41) is 8.78. The van der Waals surface area contributed by atoms with Gasteiger partial charge in [-0.25, -0.2) is 8.78 Å². The first-order valence-electron chi connectivity index (χ1n) is 8.31. The number of rotatable bonds is 4. The minimum absolute atomic E-state index is 0.143. The molecule has 0 aliphatic carbocycles. The molecule has 1 atom stereocenters. The summed E-state index contributed by atoms with van der Waals surface area (Å²) in [5.41, 5.74) is -0.431. The molecule has 0 aliphatic heterocycles. The van der Waals surface area contributed by atoms with Gasteiger partial charge < -0.3 is 10.8 Å². The largest absolute Gasteiger partial charge is 0.481 e. The molecule has 30 heavy (non-hydrogen) atoms. The van der Waals surface area contributed by atoms with E-state index < -0.39 is 64.7 Å². The number of carbonyl (C=O) groups is 1. The normalized spacial score (nSPS) is 13.4. The summed E-state index contributed by atoms with van der Waals surface area (Å²) in [6.45, 7) is 2.26. The van der Waals surface area contributed by atoms with Gasteiger partial charge in [0.1, 0.15) is 11.6 Å². The Kier molecular flexibility index (Phi) is 6.18. The van der Waals surface area contributed by atoms with E-state index in [-0.39, 0.29) is 22.8 Å². The first-order valence-corrected chi connectivity index (χ1v) is 8.31. The van der Waals surface area contributed by atoms with Gasteiger partial charge in [-0.2, -0.15) is 26.3 Å². The molecule has 2 aromatic rings. The molecule has 0 bridgehead atoms. The fourth-order valence-corrected chi connectivity index (χ4v) is 3.21. The van der Waals surface area contributed by atoms with Crippen LogP contribution < -0.4 is 5.73 Å². The van der Waals surface area contributed by atoms with Crippen LogP contribution >= 0.6 is 0 Å². The van der Waals surface area contributed by atoms with Crippen molar-refractivity contribution in [2.45, 2.75) is 38.7 Å². The molecule has 2 aromatic carbocycles. The van der Waals surface area contributed by atoms with Gasteiger partial charge in [0, 0.05) is 17.2 Å². The Morgan fingerprint density at radius 3 is 1.87 bits per heavy atom. The summed E-state index contributed by atoms with van der Waals surface area (Å²) >= 11 is 0. The monoisotopic (exact) mass is 441 g/mol. The molecular formula is C19H15F8NO2. The molecule has 0 saturated heterocycles. The molecule has 2 rings (SSSR count). The van der Waals surface area contributed by atoms with Crippen molar-refractivity contribution >= 4 is 5.97 Å². The van der Waals surface area contributed by atoms with Gasteiger partial charge in [-0.05, 0) is 48.7 Å². The third-order valence-corrected chi connectivity index (χ3v) is 4.43. The first-order chi connectivity index (χ1) is 13.6. The van der Waals surface area contributed by atoms with Crippen molar-refractivity contribution in [2.75, 3.05) is 0 Å². The van der Waals surface area contributed by atoms with Crippen molar-refractivity contribution in [3.05, 3.63) is 57.7 Å². The Labute approximate surface area is 165 Å². The van der Waals surface area contributed by atoms with Crippen molar-refractivity contribution in [3.8, 4) is 11.1 Å². The zero-order valence-electron chi connectivity index (χ0n) is 15.5. The Hall–Kier alpha value is -2.69. The molecule has 3 nitrogen and oxygen atoms in total. The van der Waals surface area contributed by atoms with Crippen LogP contribution in [-0.4, -0.2) is 11.1 Å². The van der Waals surface area contributed by atoms with Crippen LogP contribution in [0.5, 0.6) is 0 Å². The number of carboxylic acids is 1. The number of alkyl halides is 6. The van der Waals surface area contributed by atoms with Crippen LogP contribution in [0.3, 0.4) is 0 Å². The van der Waals surface area contributed by atoms with Crippen LogP contribution in [0, 0.1) is 25.5 Å². The molecule has 11 heteroatoms. The molecule has 3 N–H and O–H groups in total. The van der Waals surface area contributed by atoms with Crippen LogP contribution in [0.25, 0.3) is 11.1 Å². The van der Waals surface area contributed by atoms with Crippen molar-refractivity contribution in [1.29, 1.82) is 0 Å². The van der Waals surface area contributed by atoms with Crippen LogP contribution in [0.15, 0.2) is 18.2 Å². The predicted octanol–water partition coefficient (Wildman–Crippen LogP) is 5.76. The maximum Gasteiger partial charge on any atom is 0.419 e. The average Bonchev–Trinajstić information content (AvgIpc) is 2.53. The molecule has 0 radical (unpaired) electrons. The molecule has 0 amide bonds. The second-order valence-corrected chi connectivity index (χ2v) is 6.70. The topological polar surface area (TPSA) is 63.3 Å². The summed E-state index contributed by atoms with van der Waals surface area (Å²) in [6, 6.07) is -0.576. The number of hydrogen-bond acceptors (Lipinski definition) is 2. The molecule has 164 valence electrons. The van der Waals surface area contributed by atoms with E-state index in [2.05, 4.69) is 0 Å². The van der Waals surface area contributed by atoms with Crippen molar-refractivity contribution in [3.63, 3.8) is 0 Å². The van der Waals surface area contributed by atoms with Gasteiger partial charge in [-0.3, -0.25) is 4.79 Å². The van der Waals surface area contributed by atoms with E-state index >= 15 is 4.39 Å². The summed E-state index contributed by atoms with van der Waals surface area (Å²) in [4.78, 5) is 10.8. The van der Waals surface area contributed by atoms with Gasteiger partial charge in [-0.15, -0.1) is 0 Å². The van der Waals surface area contributed by atoms with E-state index in [0.29, 0.717) is 12.1 Å². The fourth-order valence-electron chi connectivity index (χ4n) is 3.21. The fraction of sp³-hybridized carbons (Fsp3) is 0.316. The average molecular weight is 441 g/mol. The second-order valence-electron chi connectivity index (χ2n) is 6.70. The SMILES string of the molecule is Cc1cc(C(F)(F)F)cc(C)c1-c1cc(C(F)(F)F)c(F)c(C(N)CC(=O)O)c1F. The molecule has 0 fully saturated rings. The van der Waals surface area contributed by atoms with Gasteiger partial charge in [0.25, 0.3) is 0 Å². The number of hydrogen-bond donors (Lipinski definition) is 2. The molecule has 1 unspecified atom stereocenters. The number of benzene rings is 2. The first kappa shape index (κ1) is 23.6. The minimum Gasteiger partial charge on any atom is -0.481 e. The van der Waals surface area contributed by atoms with Gasteiger partial charge in [0.2, 0.25) is 0 Å². The number of aliphatic carboxylic acids is 1. The molecule has 0 heterocycles. The number of aryl methyl sites for hydroxylation is 2. The highest BCUT2D eigenvalue weighted by molar-refractivity contribution is 5.74. The minimum atomic E-state index is -5.29. The Bertz CT molecular complexity index is 972.